The highest BCUT2D eigenvalue weighted by Gasteiger charge is 2.20. The lowest BCUT2D eigenvalue weighted by atomic mass is 9.93. The van der Waals surface area contributed by atoms with Crippen molar-refractivity contribution in [1.29, 1.82) is 0 Å². The van der Waals surface area contributed by atoms with Crippen molar-refractivity contribution < 1.29 is 9.53 Å². The number of rotatable bonds is 9. The molecule has 1 atom stereocenters. The number of hydrogen-bond donors (Lipinski definition) is 1. The van der Waals surface area contributed by atoms with Crippen molar-refractivity contribution in [2.45, 2.75) is 59.5 Å². The van der Waals surface area contributed by atoms with Crippen molar-refractivity contribution in [3.63, 3.8) is 0 Å². The lowest BCUT2D eigenvalue weighted by molar-refractivity contribution is -0.156. The number of nitrogens with one attached hydrogen (secondary N) is 1. The molecule has 0 saturated carbocycles. The average molecular weight is 319 g/mol. The van der Waals surface area contributed by atoms with Gasteiger partial charge in [0.2, 0.25) is 0 Å². The molecule has 0 spiro atoms. The van der Waals surface area contributed by atoms with Gasteiger partial charge in [0.1, 0.15) is 5.60 Å². The van der Waals surface area contributed by atoms with Crippen LogP contribution >= 0.6 is 0 Å². The van der Waals surface area contributed by atoms with Crippen LogP contribution in [-0.2, 0) is 16.0 Å². The van der Waals surface area contributed by atoms with E-state index in [-0.39, 0.29) is 5.97 Å². The molecule has 0 unspecified atom stereocenters. The lowest BCUT2D eigenvalue weighted by Crippen LogP contribution is -2.27. The van der Waals surface area contributed by atoms with Gasteiger partial charge in [0.15, 0.2) is 0 Å². The van der Waals surface area contributed by atoms with Crippen LogP contribution in [-0.4, -0.2) is 24.7 Å². The molecule has 0 heterocycles. The van der Waals surface area contributed by atoms with Gasteiger partial charge in [-0.15, -0.1) is 0 Å². The van der Waals surface area contributed by atoms with E-state index in [1.54, 1.807) is 0 Å². The molecule has 0 fully saturated rings. The first-order valence-corrected chi connectivity index (χ1v) is 8.72. The molecule has 3 heteroatoms. The van der Waals surface area contributed by atoms with Crippen LogP contribution in [0.25, 0.3) is 0 Å². The maximum absolute atomic E-state index is 12.2. The Morgan fingerprint density at radius 1 is 1.17 bits per heavy atom. The monoisotopic (exact) mass is 319 g/mol. The molecule has 0 aliphatic rings. The van der Waals surface area contributed by atoms with E-state index in [1.165, 1.54) is 5.56 Å². The van der Waals surface area contributed by atoms with Crippen LogP contribution in [0.5, 0.6) is 0 Å². The summed E-state index contributed by atoms with van der Waals surface area (Å²) < 4.78 is 5.49. The van der Waals surface area contributed by atoms with Gasteiger partial charge in [0.05, 0.1) is 0 Å². The van der Waals surface area contributed by atoms with Crippen molar-refractivity contribution in [1.82, 2.24) is 5.32 Å². The van der Waals surface area contributed by atoms with E-state index in [1.807, 2.05) is 26.8 Å². The first-order valence-electron chi connectivity index (χ1n) is 8.72. The summed E-state index contributed by atoms with van der Waals surface area (Å²) in [6, 6.07) is 10.4. The summed E-state index contributed by atoms with van der Waals surface area (Å²) in [7, 11) is 0. The number of esters is 1. The first kappa shape index (κ1) is 19.7. The van der Waals surface area contributed by atoms with E-state index in [4.69, 9.17) is 4.74 Å². The fourth-order valence-electron chi connectivity index (χ4n) is 2.54. The Balaban J connectivity index is 2.55. The molecule has 0 aliphatic heterocycles. The molecular formula is C20H33NO2. The summed E-state index contributed by atoms with van der Waals surface area (Å²) in [5.74, 6) is 0.864. The van der Waals surface area contributed by atoms with Crippen molar-refractivity contribution in [2.24, 2.45) is 11.8 Å². The molecule has 1 aromatic rings. The quantitative estimate of drug-likeness (QED) is 0.547. The summed E-state index contributed by atoms with van der Waals surface area (Å²) >= 11 is 0. The molecule has 0 amide bonds. The standard InChI is InChI=1S/C20H33NO2/c1-16(2)15-21-12-11-18(13-17-9-7-6-8-10-17)14-19(22)23-20(3,4)5/h6-10,16,18,21H,11-15H2,1-5H3/t18-/m1/s1. The first-order chi connectivity index (χ1) is 10.8. The highest BCUT2D eigenvalue weighted by Crippen LogP contribution is 2.19. The zero-order valence-electron chi connectivity index (χ0n) is 15.4. The molecule has 0 bridgehead atoms. The van der Waals surface area contributed by atoms with Gasteiger partial charge in [0.25, 0.3) is 0 Å². The van der Waals surface area contributed by atoms with Crippen molar-refractivity contribution in [2.75, 3.05) is 13.1 Å². The van der Waals surface area contributed by atoms with Gasteiger partial charge in [-0.25, -0.2) is 0 Å². The lowest BCUT2D eigenvalue weighted by Gasteiger charge is -2.22. The molecule has 1 rings (SSSR count). The zero-order valence-corrected chi connectivity index (χ0v) is 15.4. The number of ether oxygens (including phenoxy) is 1. The van der Waals surface area contributed by atoms with Gasteiger partial charge in [0, 0.05) is 6.42 Å². The average Bonchev–Trinajstić information content (AvgIpc) is 2.42. The summed E-state index contributed by atoms with van der Waals surface area (Å²) in [6.45, 7) is 12.1. The van der Waals surface area contributed by atoms with Gasteiger partial charge >= 0.3 is 5.97 Å². The third-order valence-electron chi connectivity index (χ3n) is 3.52. The number of benzene rings is 1. The molecule has 0 radical (unpaired) electrons. The van der Waals surface area contributed by atoms with Gasteiger partial charge in [-0.3, -0.25) is 4.79 Å². The normalized spacial score (nSPS) is 13.1. The summed E-state index contributed by atoms with van der Waals surface area (Å²) in [5.41, 5.74) is 0.870. The van der Waals surface area contributed by atoms with E-state index in [0.29, 0.717) is 18.3 Å². The van der Waals surface area contributed by atoms with E-state index in [0.717, 1.165) is 25.9 Å². The van der Waals surface area contributed by atoms with Crippen molar-refractivity contribution in [3.8, 4) is 0 Å². The molecule has 0 saturated heterocycles. The van der Waals surface area contributed by atoms with E-state index >= 15 is 0 Å². The fourth-order valence-corrected chi connectivity index (χ4v) is 2.54. The van der Waals surface area contributed by atoms with E-state index in [2.05, 4.69) is 43.4 Å². The van der Waals surface area contributed by atoms with Gasteiger partial charge in [-0.2, -0.15) is 0 Å². The molecule has 0 aliphatic carbocycles. The molecule has 23 heavy (non-hydrogen) atoms. The smallest absolute Gasteiger partial charge is 0.306 e. The van der Waals surface area contributed by atoms with E-state index < -0.39 is 5.60 Å². The summed E-state index contributed by atoms with van der Waals surface area (Å²) in [4.78, 5) is 12.2. The second-order valence-corrected chi connectivity index (χ2v) is 7.73. The third kappa shape index (κ3) is 10.1. The highest BCUT2D eigenvalue weighted by molar-refractivity contribution is 5.70. The third-order valence-corrected chi connectivity index (χ3v) is 3.52. The van der Waals surface area contributed by atoms with Gasteiger partial charge < -0.3 is 10.1 Å². The van der Waals surface area contributed by atoms with Gasteiger partial charge in [-0.1, -0.05) is 44.2 Å². The molecule has 1 N–H and O–H groups in total. The van der Waals surface area contributed by atoms with Crippen LogP contribution in [0.3, 0.4) is 0 Å². The molecule has 3 nitrogen and oxygen atoms in total. The Bertz CT molecular complexity index is 448. The Kier molecular flexibility index (Phi) is 8.32. The fraction of sp³-hybridized carbons (Fsp3) is 0.650. The van der Waals surface area contributed by atoms with E-state index in [9.17, 15) is 4.79 Å². The van der Waals surface area contributed by atoms with Crippen molar-refractivity contribution >= 4 is 5.97 Å². The summed E-state index contributed by atoms with van der Waals surface area (Å²) in [6.07, 6.45) is 2.39. The maximum atomic E-state index is 12.2. The Morgan fingerprint density at radius 2 is 1.83 bits per heavy atom. The Labute approximate surface area is 141 Å². The number of carbonyl (C=O) groups is 1. The van der Waals surface area contributed by atoms with Crippen LogP contribution in [0.15, 0.2) is 30.3 Å². The Morgan fingerprint density at radius 3 is 2.39 bits per heavy atom. The molecule has 0 aromatic heterocycles. The van der Waals surface area contributed by atoms with Crippen molar-refractivity contribution in [3.05, 3.63) is 35.9 Å². The van der Waals surface area contributed by atoms with Crippen LogP contribution in [0.2, 0.25) is 0 Å². The molecular weight excluding hydrogens is 286 g/mol. The Hall–Kier alpha value is -1.35. The predicted octanol–water partition coefficient (Wildman–Crippen LogP) is 4.21. The topological polar surface area (TPSA) is 38.3 Å². The van der Waals surface area contributed by atoms with Gasteiger partial charge in [-0.05, 0) is 64.1 Å². The van der Waals surface area contributed by atoms with Crippen LogP contribution in [0.4, 0.5) is 0 Å². The predicted molar refractivity (Wildman–Crippen MR) is 96.4 cm³/mol. The van der Waals surface area contributed by atoms with Crippen LogP contribution in [0, 0.1) is 11.8 Å². The van der Waals surface area contributed by atoms with Crippen LogP contribution in [0.1, 0.15) is 53.0 Å². The maximum Gasteiger partial charge on any atom is 0.306 e. The molecule has 1 aromatic carbocycles. The van der Waals surface area contributed by atoms with Crippen LogP contribution < -0.4 is 5.32 Å². The number of carbonyl (C=O) groups excluding carboxylic acids is 1. The minimum atomic E-state index is -0.412. The zero-order chi connectivity index (χ0) is 17.3. The largest absolute Gasteiger partial charge is 0.460 e. The number of hydrogen-bond acceptors (Lipinski definition) is 3. The SMILES string of the molecule is CC(C)CNCC[C@@H](CC(=O)OC(C)(C)C)Cc1ccccc1. The minimum absolute atomic E-state index is 0.0951. The molecule has 130 valence electrons. The minimum Gasteiger partial charge on any atom is -0.460 e. The summed E-state index contributed by atoms with van der Waals surface area (Å²) in [5, 5.41) is 3.47. The highest BCUT2D eigenvalue weighted by atomic mass is 16.6. The second-order valence-electron chi connectivity index (χ2n) is 7.73. The second kappa shape index (κ2) is 9.71.